The first kappa shape index (κ1) is 10.6. The molecule has 1 heterocycles. The summed E-state index contributed by atoms with van der Waals surface area (Å²) in [7, 11) is 0. The molecule has 0 fully saturated rings. The monoisotopic (exact) mass is 199 g/mol. The van der Waals surface area contributed by atoms with Crippen molar-refractivity contribution in [3.8, 4) is 0 Å². The van der Waals surface area contributed by atoms with Gasteiger partial charge in [-0.05, 0) is 12.3 Å². The molecule has 0 radical (unpaired) electrons. The summed E-state index contributed by atoms with van der Waals surface area (Å²) >= 11 is 1.68. The molecule has 74 valence electrons. The molecule has 0 spiro atoms. The Kier molecular flexibility index (Phi) is 3.81. The topological polar surface area (TPSA) is 51.8 Å². The fourth-order valence-electron chi connectivity index (χ4n) is 0.951. The van der Waals surface area contributed by atoms with E-state index < -0.39 is 0 Å². The van der Waals surface area contributed by atoms with E-state index in [1.807, 2.05) is 0 Å². The van der Waals surface area contributed by atoms with Crippen molar-refractivity contribution in [1.29, 1.82) is 0 Å². The molecular weight excluding hydrogens is 182 g/mol. The van der Waals surface area contributed by atoms with E-state index in [0.29, 0.717) is 5.92 Å². The van der Waals surface area contributed by atoms with Crippen molar-refractivity contribution in [3.63, 3.8) is 0 Å². The van der Waals surface area contributed by atoms with E-state index in [1.54, 1.807) is 11.3 Å². The van der Waals surface area contributed by atoms with Crippen molar-refractivity contribution >= 4 is 11.3 Å². The van der Waals surface area contributed by atoms with Crippen LogP contribution in [0.4, 0.5) is 0 Å². The summed E-state index contributed by atoms with van der Waals surface area (Å²) in [6, 6.07) is 0.206. The van der Waals surface area contributed by atoms with Gasteiger partial charge in [-0.3, -0.25) is 0 Å². The molecule has 2 N–H and O–H groups in total. The molecule has 13 heavy (non-hydrogen) atoms. The molecule has 0 aromatic carbocycles. The minimum Gasteiger partial charge on any atom is -0.327 e. The molecule has 1 aromatic heterocycles. The lowest BCUT2D eigenvalue weighted by Gasteiger charge is -2.12. The van der Waals surface area contributed by atoms with Crippen LogP contribution in [0.3, 0.4) is 0 Å². The van der Waals surface area contributed by atoms with Gasteiger partial charge < -0.3 is 5.73 Å². The molecule has 0 aliphatic heterocycles. The largest absolute Gasteiger partial charge is 0.327 e. The van der Waals surface area contributed by atoms with Gasteiger partial charge in [0.25, 0.3) is 0 Å². The normalized spacial score (nSPS) is 13.6. The van der Waals surface area contributed by atoms with Crippen LogP contribution in [0, 0.1) is 5.92 Å². The highest BCUT2D eigenvalue weighted by Gasteiger charge is 2.11. The number of nitrogens with two attached hydrogens (primary N) is 1. The van der Waals surface area contributed by atoms with E-state index in [1.165, 1.54) is 0 Å². The van der Waals surface area contributed by atoms with E-state index in [0.717, 1.165) is 22.9 Å². The minimum atomic E-state index is 0.206. The smallest absolute Gasteiger partial charge is 0.119 e. The second-order valence-corrected chi connectivity index (χ2v) is 4.70. The fraction of sp³-hybridized carbons (Fsp3) is 0.778. The molecule has 1 atom stereocenters. The first-order chi connectivity index (χ1) is 6.13. The summed E-state index contributed by atoms with van der Waals surface area (Å²) in [5.41, 5.74) is 5.94. The number of aryl methyl sites for hydroxylation is 1. The number of nitrogens with zero attached hydrogens (tertiary/aromatic N) is 2. The summed E-state index contributed by atoms with van der Waals surface area (Å²) in [5.74, 6) is 0.508. The van der Waals surface area contributed by atoms with Crippen LogP contribution in [0.25, 0.3) is 0 Å². The molecule has 0 aliphatic carbocycles. The SMILES string of the molecule is CCc1nnc(C[C@@H](N)C(C)C)s1. The zero-order valence-electron chi connectivity index (χ0n) is 8.45. The predicted molar refractivity (Wildman–Crippen MR) is 55.8 cm³/mol. The van der Waals surface area contributed by atoms with Crippen LogP contribution in [-0.2, 0) is 12.8 Å². The van der Waals surface area contributed by atoms with Crippen molar-refractivity contribution < 1.29 is 0 Å². The van der Waals surface area contributed by atoms with E-state index in [2.05, 4.69) is 31.0 Å². The Labute approximate surface area is 83.4 Å². The Morgan fingerprint density at radius 3 is 2.38 bits per heavy atom. The van der Waals surface area contributed by atoms with Crippen molar-refractivity contribution in [2.75, 3.05) is 0 Å². The van der Waals surface area contributed by atoms with Crippen LogP contribution in [0.1, 0.15) is 30.8 Å². The molecule has 0 saturated carbocycles. The molecule has 0 amide bonds. The van der Waals surface area contributed by atoms with Gasteiger partial charge in [-0.15, -0.1) is 21.5 Å². The van der Waals surface area contributed by atoms with Crippen molar-refractivity contribution in [2.24, 2.45) is 11.7 Å². The Hall–Kier alpha value is -0.480. The van der Waals surface area contributed by atoms with Gasteiger partial charge in [-0.1, -0.05) is 20.8 Å². The molecule has 0 unspecified atom stereocenters. The first-order valence-electron chi connectivity index (χ1n) is 4.70. The third-order valence-electron chi connectivity index (χ3n) is 2.08. The van der Waals surface area contributed by atoms with Crippen LogP contribution in [-0.4, -0.2) is 16.2 Å². The molecule has 0 bridgehead atoms. The molecular formula is C9H17N3S. The van der Waals surface area contributed by atoms with Gasteiger partial charge in [0.15, 0.2) is 0 Å². The summed E-state index contributed by atoms with van der Waals surface area (Å²) in [5, 5.41) is 10.3. The summed E-state index contributed by atoms with van der Waals surface area (Å²) < 4.78 is 0. The average Bonchev–Trinajstić information content (AvgIpc) is 2.52. The zero-order chi connectivity index (χ0) is 9.84. The first-order valence-corrected chi connectivity index (χ1v) is 5.52. The highest BCUT2D eigenvalue weighted by Crippen LogP contribution is 2.13. The van der Waals surface area contributed by atoms with Gasteiger partial charge in [0.05, 0.1) is 0 Å². The van der Waals surface area contributed by atoms with E-state index in [4.69, 9.17) is 5.73 Å². The lowest BCUT2D eigenvalue weighted by molar-refractivity contribution is 0.488. The quantitative estimate of drug-likeness (QED) is 0.801. The molecule has 4 heteroatoms. The predicted octanol–water partition coefficient (Wildman–Crippen LogP) is 1.63. The standard InChI is InChI=1S/C9H17N3S/c1-4-8-11-12-9(13-8)5-7(10)6(2)3/h6-7H,4-5,10H2,1-3H3/t7-/m1/s1. The van der Waals surface area contributed by atoms with Crippen LogP contribution in [0.15, 0.2) is 0 Å². The molecule has 0 aliphatic rings. The van der Waals surface area contributed by atoms with Gasteiger partial charge in [0.2, 0.25) is 0 Å². The van der Waals surface area contributed by atoms with Crippen LogP contribution in [0.5, 0.6) is 0 Å². The molecule has 1 aromatic rings. The average molecular weight is 199 g/mol. The maximum absolute atomic E-state index is 5.94. The zero-order valence-corrected chi connectivity index (χ0v) is 9.27. The summed E-state index contributed by atoms with van der Waals surface area (Å²) in [4.78, 5) is 0. The lowest BCUT2D eigenvalue weighted by atomic mass is 10.0. The Morgan fingerprint density at radius 2 is 1.92 bits per heavy atom. The van der Waals surface area contributed by atoms with E-state index >= 15 is 0 Å². The Bertz CT molecular complexity index is 257. The third kappa shape index (κ3) is 3.04. The van der Waals surface area contributed by atoms with E-state index in [-0.39, 0.29) is 6.04 Å². The minimum absolute atomic E-state index is 0.206. The molecule has 1 rings (SSSR count). The van der Waals surface area contributed by atoms with Crippen molar-refractivity contribution in [2.45, 2.75) is 39.7 Å². The maximum atomic E-state index is 5.94. The van der Waals surface area contributed by atoms with Crippen LogP contribution >= 0.6 is 11.3 Å². The van der Waals surface area contributed by atoms with Gasteiger partial charge in [-0.25, -0.2) is 0 Å². The third-order valence-corrected chi connectivity index (χ3v) is 3.17. The summed E-state index contributed by atoms with van der Waals surface area (Å²) in [6.07, 6.45) is 1.82. The van der Waals surface area contributed by atoms with Crippen molar-refractivity contribution in [3.05, 3.63) is 10.0 Å². The van der Waals surface area contributed by atoms with E-state index in [9.17, 15) is 0 Å². The molecule has 0 saturated heterocycles. The van der Waals surface area contributed by atoms with Crippen LogP contribution < -0.4 is 5.73 Å². The molecule has 3 nitrogen and oxygen atoms in total. The number of rotatable bonds is 4. The van der Waals surface area contributed by atoms with Crippen molar-refractivity contribution in [1.82, 2.24) is 10.2 Å². The van der Waals surface area contributed by atoms with Gasteiger partial charge in [0.1, 0.15) is 10.0 Å². The van der Waals surface area contributed by atoms with Gasteiger partial charge >= 0.3 is 0 Å². The Morgan fingerprint density at radius 1 is 1.31 bits per heavy atom. The highest BCUT2D eigenvalue weighted by molar-refractivity contribution is 7.11. The number of aromatic nitrogens is 2. The van der Waals surface area contributed by atoms with Gasteiger partial charge in [0, 0.05) is 12.5 Å². The second-order valence-electron chi connectivity index (χ2n) is 3.56. The van der Waals surface area contributed by atoms with Crippen LogP contribution in [0.2, 0.25) is 0 Å². The highest BCUT2D eigenvalue weighted by atomic mass is 32.1. The number of hydrogen-bond acceptors (Lipinski definition) is 4. The number of hydrogen-bond donors (Lipinski definition) is 1. The fourth-order valence-corrected chi connectivity index (χ4v) is 1.81. The summed E-state index contributed by atoms with van der Waals surface area (Å²) in [6.45, 7) is 6.35. The maximum Gasteiger partial charge on any atom is 0.119 e. The van der Waals surface area contributed by atoms with Gasteiger partial charge in [-0.2, -0.15) is 0 Å². The lowest BCUT2D eigenvalue weighted by Crippen LogP contribution is -2.28. The Balaban J connectivity index is 2.53. The second kappa shape index (κ2) is 4.67.